The van der Waals surface area contributed by atoms with Gasteiger partial charge in [0.05, 0.1) is 0 Å². The van der Waals surface area contributed by atoms with Gasteiger partial charge in [-0.15, -0.1) is 0 Å². The summed E-state index contributed by atoms with van der Waals surface area (Å²) in [5.41, 5.74) is 12.9. The van der Waals surface area contributed by atoms with Gasteiger partial charge in [-0.25, -0.2) is 9.97 Å². The summed E-state index contributed by atoms with van der Waals surface area (Å²) >= 11 is 1.35. The summed E-state index contributed by atoms with van der Waals surface area (Å²) in [6.07, 6.45) is 0. The average molecular weight is 180 g/mol. The van der Waals surface area contributed by atoms with Crippen molar-refractivity contribution in [1.29, 1.82) is 0 Å². The van der Waals surface area contributed by atoms with Gasteiger partial charge >= 0.3 is 0 Å². The second kappa shape index (κ2) is 2.31. The number of fused-ring (bicyclic) bond motifs is 1. The fourth-order valence-electron chi connectivity index (χ4n) is 0.991. The van der Waals surface area contributed by atoms with E-state index in [9.17, 15) is 0 Å². The van der Waals surface area contributed by atoms with Crippen molar-refractivity contribution in [3.8, 4) is 0 Å². The maximum atomic E-state index is 5.62. The van der Waals surface area contributed by atoms with Crippen LogP contribution < -0.4 is 11.5 Å². The highest BCUT2D eigenvalue weighted by atomic mass is 32.1. The molecule has 12 heavy (non-hydrogen) atoms. The first kappa shape index (κ1) is 7.30. The number of thiazole rings is 1. The zero-order chi connectivity index (χ0) is 8.72. The van der Waals surface area contributed by atoms with E-state index >= 15 is 0 Å². The molecule has 0 spiro atoms. The number of aromatic nitrogens is 2. The molecule has 62 valence electrons. The summed E-state index contributed by atoms with van der Waals surface area (Å²) in [7, 11) is 0. The van der Waals surface area contributed by atoms with Crippen molar-refractivity contribution in [2.24, 2.45) is 0 Å². The molecule has 4 nitrogen and oxygen atoms in total. The number of nitrogen functional groups attached to an aromatic ring is 2. The second-order valence-electron chi connectivity index (χ2n) is 2.57. The molecular formula is C7H8N4S. The van der Waals surface area contributed by atoms with E-state index in [1.54, 1.807) is 0 Å². The first-order valence-corrected chi connectivity index (χ1v) is 4.27. The third-order valence-corrected chi connectivity index (χ3v) is 2.42. The van der Waals surface area contributed by atoms with Crippen molar-refractivity contribution in [3.05, 3.63) is 11.6 Å². The molecule has 0 atom stereocenters. The lowest BCUT2D eigenvalue weighted by molar-refractivity contribution is 1.34. The molecule has 4 N–H and O–H groups in total. The third-order valence-electron chi connectivity index (χ3n) is 1.63. The van der Waals surface area contributed by atoms with Crippen molar-refractivity contribution in [2.75, 3.05) is 11.5 Å². The van der Waals surface area contributed by atoms with Gasteiger partial charge in [0, 0.05) is 0 Å². The molecule has 0 fully saturated rings. The lowest BCUT2D eigenvalue weighted by atomic mass is 10.3. The predicted molar refractivity (Wildman–Crippen MR) is 51.0 cm³/mol. The third kappa shape index (κ3) is 0.984. The standard InChI is InChI=1S/C7H8N4S/c1-3-2-4-6(11-5(3)8)12-7(9)10-4/h2H,1H3,(H2,8,11)(H2,9,10). The normalized spacial score (nSPS) is 10.8. The molecule has 0 unspecified atom stereocenters. The van der Waals surface area contributed by atoms with Crippen LogP contribution in [0.15, 0.2) is 6.07 Å². The zero-order valence-corrected chi connectivity index (χ0v) is 7.35. The SMILES string of the molecule is Cc1cc2nc(N)sc2nc1N. The van der Waals surface area contributed by atoms with Crippen LogP contribution in [0.25, 0.3) is 10.3 Å². The van der Waals surface area contributed by atoms with Gasteiger partial charge in [-0.3, -0.25) is 0 Å². The topological polar surface area (TPSA) is 77.8 Å². The summed E-state index contributed by atoms with van der Waals surface area (Å²) in [5.74, 6) is 0.547. The Balaban J connectivity index is 2.83. The highest BCUT2D eigenvalue weighted by Crippen LogP contribution is 2.24. The van der Waals surface area contributed by atoms with Gasteiger partial charge in [-0.1, -0.05) is 11.3 Å². The van der Waals surface area contributed by atoms with Gasteiger partial charge in [-0.05, 0) is 18.6 Å². The molecule has 2 aromatic heterocycles. The van der Waals surface area contributed by atoms with Gasteiger partial charge in [-0.2, -0.15) is 0 Å². The van der Waals surface area contributed by atoms with Gasteiger partial charge in [0.25, 0.3) is 0 Å². The Bertz CT molecular complexity index is 395. The Kier molecular flexibility index (Phi) is 1.41. The lowest BCUT2D eigenvalue weighted by Gasteiger charge is -1.95. The highest BCUT2D eigenvalue weighted by Gasteiger charge is 2.04. The number of pyridine rings is 1. The lowest BCUT2D eigenvalue weighted by Crippen LogP contribution is -1.92. The fraction of sp³-hybridized carbons (Fsp3) is 0.143. The molecule has 0 saturated carbocycles. The van der Waals surface area contributed by atoms with Crippen LogP contribution in [-0.4, -0.2) is 9.97 Å². The Morgan fingerprint density at radius 1 is 1.33 bits per heavy atom. The number of hydrogen-bond donors (Lipinski definition) is 2. The molecule has 2 aromatic rings. The van der Waals surface area contributed by atoms with E-state index in [-0.39, 0.29) is 0 Å². The van der Waals surface area contributed by atoms with E-state index in [0.717, 1.165) is 15.9 Å². The monoisotopic (exact) mass is 180 g/mol. The molecule has 0 amide bonds. The maximum Gasteiger partial charge on any atom is 0.182 e. The van der Waals surface area contributed by atoms with E-state index in [2.05, 4.69) is 9.97 Å². The summed E-state index contributed by atoms with van der Waals surface area (Å²) in [6, 6.07) is 1.89. The van der Waals surface area contributed by atoms with Crippen LogP contribution in [0.1, 0.15) is 5.56 Å². The average Bonchev–Trinajstić information content (AvgIpc) is 2.30. The molecule has 0 bridgehead atoms. The van der Waals surface area contributed by atoms with Crippen LogP contribution >= 0.6 is 11.3 Å². The minimum Gasteiger partial charge on any atom is -0.383 e. The van der Waals surface area contributed by atoms with E-state index in [1.807, 2.05) is 13.0 Å². The van der Waals surface area contributed by atoms with Crippen molar-refractivity contribution >= 4 is 32.6 Å². The van der Waals surface area contributed by atoms with Crippen LogP contribution in [0.5, 0.6) is 0 Å². The molecule has 2 heterocycles. The zero-order valence-electron chi connectivity index (χ0n) is 6.53. The molecule has 0 aromatic carbocycles. The Morgan fingerprint density at radius 2 is 2.08 bits per heavy atom. The quantitative estimate of drug-likeness (QED) is 0.637. The fourth-order valence-corrected chi connectivity index (χ4v) is 1.69. The molecule has 0 aliphatic heterocycles. The molecule has 0 saturated heterocycles. The predicted octanol–water partition coefficient (Wildman–Crippen LogP) is 1.16. The first-order valence-electron chi connectivity index (χ1n) is 3.46. The smallest absolute Gasteiger partial charge is 0.182 e. The van der Waals surface area contributed by atoms with E-state index in [1.165, 1.54) is 11.3 Å². The summed E-state index contributed by atoms with van der Waals surface area (Å²) in [6.45, 7) is 1.90. The Morgan fingerprint density at radius 3 is 2.83 bits per heavy atom. The van der Waals surface area contributed by atoms with Crippen molar-refractivity contribution in [1.82, 2.24) is 9.97 Å². The Hall–Kier alpha value is -1.36. The molecule has 5 heteroatoms. The van der Waals surface area contributed by atoms with Crippen LogP contribution in [0, 0.1) is 6.92 Å². The number of aryl methyl sites for hydroxylation is 1. The highest BCUT2D eigenvalue weighted by molar-refractivity contribution is 7.21. The van der Waals surface area contributed by atoms with Crippen LogP contribution in [0.2, 0.25) is 0 Å². The minimum absolute atomic E-state index is 0.530. The largest absolute Gasteiger partial charge is 0.383 e. The van der Waals surface area contributed by atoms with Crippen molar-refractivity contribution in [2.45, 2.75) is 6.92 Å². The molecule has 0 radical (unpaired) electrons. The second-order valence-corrected chi connectivity index (χ2v) is 3.58. The van der Waals surface area contributed by atoms with Crippen LogP contribution in [0.4, 0.5) is 10.9 Å². The number of anilines is 2. The number of hydrogen-bond acceptors (Lipinski definition) is 5. The molecule has 0 aliphatic carbocycles. The van der Waals surface area contributed by atoms with Crippen LogP contribution in [0.3, 0.4) is 0 Å². The van der Waals surface area contributed by atoms with E-state index < -0.39 is 0 Å². The van der Waals surface area contributed by atoms with Crippen molar-refractivity contribution in [3.63, 3.8) is 0 Å². The molecule has 2 rings (SSSR count). The van der Waals surface area contributed by atoms with E-state index in [4.69, 9.17) is 11.5 Å². The van der Waals surface area contributed by atoms with E-state index in [0.29, 0.717) is 10.9 Å². The summed E-state index contributed by atoms with van der Waals surface area (Å²) in [5, 5.41) is 0.530. The summed E-state index contributed by atoms with van der Waals surface area (Å²) in [4.78, 5) is 9.04. The van der Waals surface area contributed by atoms with Gasteiger partial charge in [0.15, 0.2) is 5.13 Å². The van der Waals surface area contributed by atoms with Gasteiger partial charge < -0.3 is 11.5 Å². The first-order chi connectivity index (χ1) is 5.66. The van der Waals surface area contributed by atoms with Crippen molar-refractivity contribution < 1.29 is 0 Å². The maximum absolute atomic E-state index is 5.62. The molecule has 0 aliphatic rings. The van der Waals surface area contributed by atoms with Gasteiger partial charge in [0.2, 0.25) is 0 Å². The number of rotatable bonds is 0. The number of nitrogens with zero attached hydrogens (tertiary/aromatic N) is 2. The van der Waals surface area contributed by atoms with Crippen LogP contribution in [-0.2, 0) is 0 Å². The Labute approximate surface area is 73.2 Å². The summed E-state index contributed by atoms with van der Waals surface area (Å²) < 4.78 is 0. The van der Waals surface area contributed by atoms with Gasteiger partial charge in [0.1, 0.15) is 16.2 Å². The number of nitrogens with two attached hydrogens (primary N) is 2. The molecular weight excluding hydrogens is 172 g/mol. The minimum atomic E-state index is 0.530.